The Morgan fingerprint density at radius 1 is 1.12 bits per heavy atom. The number of nitrogens with one attached hydrogen (secondary N) is 1. The Labute approximate surface area is 143 Å². The summed E-state index contributed by atoms with van der Waals surface area (Å²) in [4.78, 5) is 21.3. The van der Waals surface area contributed by atoms with Crippen LogP contribution < -0.4 is 14.8 Å². The highest BCUT2D eigenvalue weighted by Crippen LogP contribution is 2.36. The summed E-state index contributed by atoms with van der Waals surface area (Å²) >= 11 is 0. The van der Waals surface area contributed by atoms with E-state index in [1.807, 2.05) is 0 Å². The predicted octanol–water partition coefficient (Wildman–Crippen LogP) is 2.79. The molecule has 1 fully saturated rings. The molecule has 1 amide bonds. The number of aromatic nitrogens is 3. The van der Waals surface area contributed by atoms with Gasteiger partial charge in [-0.15, -0.1) is 0 Å². The Balaban J connectivity index is 1.39. The average Bonchev–Trinajstić information content (AvgIpc) is 3.40. The smallest absolute Gasteiger partial charge is 0.257 e. The van der Waals surface area contributed by atoms with Crippen molar-refractivity contribution >= 4 is 22.8 Å². The molecule has 3 heterocycles. The Morgan fingerprint density at radius 3 is 2.80 bits per heavy atom. The van der Waals surface area contributed by atoms with Gasteiger partial charge in [0, 0.05) is 24.0 Å². The quantitative estimate of drug-likeness (QED) is 0.796. The number of ether oxygens (including phenoxy) is 2. The summed E-state index contributed by atoms with van der Waals surface area (Å²) in [5, 5.41) is 2.87. The topological polar surface area (TPSA) is 78.3 Å². The number of hydrogen-bond donors (Lipinski definition) is 1. The van der Waals surface area contributed by atoms with Gasteiger partial charge in [0.15, 0.2) is 17.1 Å². The lowest BCUT2D eigenvalue weighted by Gasteiger charge is -2.19. The fourth-order valence-electron chi connectivity index (χ4n) is 2.99. The first-order chi connectivity index (χ1) is 12.3. The van der Waals surface area contributed by atoms with Crippen LogP contribution in [-0.4, -0.2) is 33.7 Å². The van der Waals surface area contributed by atoms with Crippen LogP contribution >= 0.6 is 0 Å². The maximum atomic E-state index is 12.5. The van der Waals surface area contributed by atoms with E-state index < -0.39 is 0 Å². The highest BCUT2D eigenvalue weighted by Gasteiger charge is 2.25. The summed E-state index contributed by atoms with van der Waals surface area (Å²) in [7, 11) is 0. The van der Waals surface area contributed by atoms with Crippen LogP contribution in [0.2, 0.25) is 0 Å². The van der Waals surface area contributed by atoms with Crippen LogP contribution in [0.5, 0.6) is 11.5 Å². The third-order valence-corrected chi connectivity index (χ3v) is 4.42. The molecule has 1 aliphatic carbocycles. The third-order valence-electron chi connectivity index (χ3n) is 4.42. The van der Waals surface area contributed by atoms with Crippen molar-refractivity contribution in [3.63, 3.8) is 0 Å². The van der Waals surface area contributed by atoms with E-state index in [0.717, 1.165) is 11.2 Å². The summed E-state index contributed by atoms with van der Waals surface area (Å²) in [6.45, 7) is 1.05. The van der Waals surface area contributed by atoms with Crippen molar-refractivity contribution in [3.8, 4) is 11.5 Å². The van der Waals surface area contributed by atoms with Gasteiger partial charge in [0.05, 0.1) is 11.9 Å². The highest BCUT2D eigenvalue weighted by atomic mass is 16.6. The van der Waals surface area contributed by atoms with E-state index in [2.05, 4.69) is 19.9 Å². The normalized spacial score (nSPS) is 16.0. The largest absolute Gasteiger partial charge is 0.486 e. The Hall–Kier alpha value is -3.09. The molecule has 1 aromatic carbocycles. The van der Waals surface area contributed by atoms with E-state index in [-0.39, 0.29) is 5.91 Å². The zero-order valence-corrected chi connectivity index (χ0v) is 13.4. The summed E-state index contributed by atoms with van der Waals surface area (Å²) in [6.07, 6.45) is 5.73. The minimum absolute atomic E-state index is 0.230. The zero-order valence-electron chi connectivity index (χ0n) is 13.4. The fourth-order valence-corrected chi connectivity index (χ4v) is 2.99. The molecule has 0 unspecified atom stereocenters. The lowest BCUT2D eigenvalue weighted by Crippen LogP contribution is -2.16. The van der Waals surface area contributed by atoms with E-state index in [0.29, 0.717) is 42.0 Å². The van der Waals surface area contributed by atoms with Gasteiger partial charge < -0.3 is 19.4 Å². The summed E-state index contributed by atoms with van der Waals surface area (Å²) in [6, 6.07) is 7.63. The number of rotatable bonds is 3. The molecule has 0 spiro atoms. The molecular weight excluding hydrogens is 320 g/mol. The van der Waals surface area contributed by atoms with Crippen LogP contribution in [0.15, 0.2) is 36.8 Å². The molecule has 126 valence electrons. The first-order valence-corrected chi connectivity index (χ1v) is 8.31. The van der Waals surface area contributed by atoms with Crippen LogP contribution in [0.4, 0.5) is 5.69 Å². The molecule has 25 heavy (non-hydrogen) atoms. The second kappa shape index (κ2) is 5.47. The van der Waals surface area contributed by atoms with Crippen LogP contribution in [0.1, 0.15) is 29.2 Å². The van der Waals surface area contributed by atoms with Crippen molar-refractivity contribution < 1.29 is 14.3 Å². The number of nitrogens with zero attached hydrogens (tertiary/aromatic N) is 3. The van der Waals surface area contributed by atoms with Crippen molar-refractivity contribution in [2.24, 2.45) is 0 Å². The van der Waals surface area contributed by atoms with Crippen molar-refractivity contribution in [2.75, 3.05) is 18.5 Å². The molecule has 2 aliphatic rings. The van der Waals surface area contributed by atoms with Crippen molar-refractivity contribution in [3.05, 3.63) is 42.4 Å². The fraction of sp³-hybridized carbons (Fsp3) is 0.278. The van der Waals surface area contributed by atoms with Gasteiger partial charge >= 0.3 is 0 Å². The molecule has 0 saturated heterocycles. The minimum Gasteiger partial charge on any atom is -0.486 e. The maximum absolute atomic E-state index is 12.5. The standard InChI is InChI=1S/C18H16N4O3/c23-18(21-12-1-4-15-16(8-12)25-6-5-24-15)11-7-14-17(19-9-11)22(10-20-14)13-2-3-13/h1,4,7-10,13H,2-3,5-6H2,(H,21,23). The number of hydrogen-bond acceptors (Lipinski definition) is 5. The van der Waals surface area contributed by atoms with E-state index in [1.54, 1.807) is 36.8 Å². The second-order valence-corrected chi connectivity index (χ2v) is 6.26. The van der Waals surface area contributed by atoms with E-state index in [9.17, 15) is 4.79 Å². The molecule has 7 nitrogen and oxygen atoms in total. The van der Waals surface area contributed by atoms with Crippen LogP contribution in [-0.2, 0) is 0 Å². The average molecular weight is 336 g/mol. The first-order valence-electron chi connectivity index (χ1n) is 8.31. The monoisotopic (exact) mass is 336 g/mol. The van der Waals surface area contributed by atoms with E-state index >= 15 is 0 Å². The molecule has 0 radical (unpaired) electrons. The number of carbonyl (C=O) groups excluding carboxylic acids is 1. The number of amides is 1. The molecule has 3 aromatic rings. The summed E-state index contributed by atoms with van der Waals surface area (Å²) in [5.41, 5.74) is 2.70. The van der Waals surface area contributed by atoms with Crippen molar-refractivity contribution in [2.45, 2.75) is 18.9 Å². The van der Waals surface area contributed by atoms with Crippen LogP contribution in [0.25, 0.3) is 11.2 Å². The lowest BCUT2D eigenvalue weighted by atomic mass is 10.2. The Bertz CT molecular complexity index is 978. The van der Waals surface area contributed by atoms with Crippen LogP contribution in [0, 0.1) is 0 Å². The minimum atomic E-state index is -0.230. The number of imidazole rings is 1. The van der Waals surface area contributed by atoms with Crippen molar-refractivity contribution in [1.29, 1.82) is 0 Å². The molecule has 0 atom stereocenters. The van der Waals surface area contributed by atoms with Gasteiger partial charge in [-0.1, -0.05) is 0 Å². The SMILES string of the molecule is O=C(Nc1ccc2c(c1)OCCO2)c1cnc2c(c1)ncn2C1CC1. The number of fused-ring (bicyclic) bond motifs is 2. The molecule has 1 aliphatic heterocycles. The molecule has 1 saturated carbocycles. The second-order valence-electron chi connectivity index (χ2n) is 6.26. The summed E-state index contributed by atoms with van der Waals surface area (Å²) in [5.74, 6) is 1.10. The number of benzene rings is 1. The molecule has 7 heteroatoms. The predicted molar refractivity (Wildman–Crippen MR) is 91.2 cm³/mol. The molecule has 5 rings (SSSR count). The van der Waals surface area contributed by atoms with Gasteiger partial charge in [0.1, 0.15) is 18.7 Å². The lowest BCUT2D eigenvalue weighted by molar-refractivity contribution is 0.102. The highest BCUT2D eigenvalue weighted by molar-refractivity contribution is 6.05. The third kappa shape index (κ3) is 2.57. The maximum Gasteiger partial charge on any atom is 0.257 e. The molecular formula is C18H16N4O3. The van der Waals surface area contributed by atoms with E-state index in [1.165, 1.54) is 12.8 Å². The number of pyridine rings is 1. The van der Waals surface area contributed by atoms with Gasteiger partial charge in [-0.05, 0) is 31.0 Å². The molecule has 0 bridgehead atoms. The Morgan fingerprint density at radius 2 is 1.96 bits per heavy atom. The van der Waals surface area contributed by atoms with Gasteiger partial charge in [0.2, 0.25) is 0 Å². The summed E-state index contributed by atoms with van der Waals surface area (Å²) < 4.78 is 13.1. The van der Waals surface area contributed by atoms with Gasteiger partial charge in [-0.25, -0.2) is 9.97 Å². The van der Waals surface area contributed by atoms with Crippen molar-refractivity contribution in [1.82, 2.24) is 14.5 Å². The van der Waals surface area contributed by atoms with E-state index in [4.69, 9.17) is 9.47 Å². The first kappa shape index (κ1) is 14.3. The number of carbonyl (C=O) groups is 1. The zero-order chi connectivity index (χ0) is 16.8. The van der Waals surface area contributed by atoms with Crippen LogP contribution in [0.3, 0.4) is 0 Å². The molecule has 2 aromatic heterocycles. The number of anilines is 1. The molecule has 1 N–H and O–H groups in total. The van der Waals surface area contributed by atoms with Gasteiger partial charge in [-0.2, -0.15) is 0 Å². The van der Waals surface area contributed by atoms with Gasteiger partial charge in [0.25, 0.3) is 5.91 Å². The Kier molecular flexibility index (Phi) is 3.12. The van der Waals surface area contributed by atoms with Gasteiger partial charge in [-0.3, -0.25) is 4.79 Å².